The Hall–Kier alpha value is -2.70. The number of benzene rings is 1. The summed E-state index contributed by atoms with van der Waals surface area (Å²) in [6, 6.07) is 9.29. The third kappa shape index (κ3) is 3.02. The Bertz CT molecular complexity index is 774. The highest BCUT2D eigenvalue weighted by Crippen LogP contribution is 2.27. The van der Waals surface area contributed by atoms with E-state index in [9.17, 15) is 14.0 Å². The number of carboxylic acid groups (broad SMARTS) is 1. The Morgan fingerprint density at radius 2 is 2.08 bits per heavy atom. The summed E-state index contributed by atoms with van der Waals surface area (Å²) in [5.41, 5.74) is -1.08. The maximum atomic E-state index is 14.1. The van der Waals surface area contributed by atoms with Gasteiger partial charge in [0.1, 0.15) is 5.76 Å². The zero-order valence-corrected chi connectivity index (χ0v) is 13.2. The molecule has 0 saturated carbocycles. The number of hydrogen-bond donors (Lipinski definition) is 1. The number of aromatic nitrogens is 1. The molecule has 6 nitrogen and oxygen atoms in total. The molecule has 1 aromatic heterocycles. The lowest BCUT2D eigenvalue weighted by Gasteiger charge is -2.17. The summed E-state index contributed by atoms with van der Waals surface area (Å²) in [6.45, 7) is 1.37. The molecule has 0 radical (unpaired) electrons. The quantitative estimate of drug-likeness (QED) is 0.928. The minimum atomic E-state index is -2.36. The molecule has 1 unspecified atom stereocenters. The molecule has 1 saturated heterocycles. The molecule has 0 aliphatic carbocycles. The summed E-state index contributed by atoms with van der Waals surface area (Å²) in [5, 5.41) is 8.89. The van der Waals surface area contributed by atoms with E-state index < -0.39 is 18.2 Å². The number of oxazole rings is 1. The van der Waals surface area contributed by atoms with E-state index in [-0.39, 0.29) is 25.3 Å². The second-order valence-electron chi connectivity index (χ2n) is 5.90. The van der Waals surface area contributed by atoms with E-state index >= 15 is 0 Å². The van der Waals surface area contributed by atoms with Crippen LogP contribution in [-0.4, -0.2) is 45.6 Å². The van der Waals surface area contributed by atoms with Crippen molar-refractivity contribution in [1.82, 2.24) is 9.88 Å². The number of carbonyl (C=O) groups excluding carboxylic acids is 1. The van der Waals surface area contributed by atoms with Gasteiger partial charge in [0.2, 0.25) is 17.5 Å². The number of halogens is 1. The third-order valence-electron chi connectivity index (χ3n) is 4.19. The number of rotatable bonds is 4. The zero-order chi connectivity index (χ0) is 17.3. The van der Waals surface area contributed by atoms with Crippen molar-refractivity contribution in [3.05, 3.63) is 41.8 Å². The summed E-state index contributed by atoms with van der Waals surface area (Å²) in [4.78, 5) is 28.8. The molecule has 1 atom stereocenters. The van der Waals surface area contributed by atoms with Gasteiger partial charge in [-0.25, -0.2) is 14.2 Å². The summed E-state index contributed by atoms with van der Waals surface area (Å²) >= 11 is 0. The van der Waals surface area contributed by atoms with Gasteiger partial charge in [0.15, 0.2) is 0 Å². The Kier molecular flexibility index (Phi) is 4.09. The number of carboxylic acids is 1. The molecule has 126 valence electrons. The van der Waals surface area contributed by atoms with Gasteiger partial charge in [-0.3, -0.25) is 4.79 Å². The van der Waals surface area contributed by atoms with Crippen molar-refractivity contribution in [3.8, 4) is 11.5 Å². The lowest BCUT2D eigenvalue weighted by molar-refractivity contribution is -0.150. The molecule has 1 amide bonds. The molecule has 1 N–H and O–H groups in total. The highest BCUT2D eigenvalue weighted by atomic mass is 19.1. The molecule has 0 spiro atoms. The standard InChI is InChI=1S/C17H17FN2O4/c1-11-13(19-15(24-11)12-5-3-2-4-6-12)9-14(21)20-8-7-17(18,10-20)16(22)23/h2-6H,7-10H2,1H3,(H,22,23). The third-order valence-corrected chi connectivity index (χ3v) is 4.19. The summed E-state index contributed by atoms with van der Waals surface area (Å²) in [5.74, 6) is -0.942. The van der Waals surface area contributed by atoms with Crippen LogP contribution in [0.25, 0.3) is 11.5 Å². The first-order valence-corrected chi connectivity index (χ1v) is 7.61. The Morgan fingerprint density at radius 1 is 1.38 bits per heavy atom. The molecule has 2 heterocycles. The fraction of sp³-hybridized carbons (Fsp3) is 0.353. The molecular formula is C17H17FN2O4. The van der Waals surface area contributed by atoms with Gasteiger partial charge in [-0.05, 0) is 19.1 Å². The number of hydrogen-bond acceptors (Lipinski definition) is 4. The summed E-state index contributed by atoms with van der Waals surface area (Å²) < 4.78 is 19.7. The van der Waals surface area contributed by atoms with Gasteiger partial charge in [-0.15, -0.1) is 0 Å². The fourth-order valence-electron chi connectivity index (χ4n) is 2.71. The molecule has 1 aliphatic rings. The van der Waals surface area contributed by atoms with Crippen molar-refractivity contribution in [3.63, 3.8) is 0 Å². The molecular weight excluding hydrogens is 315 g/mol. The van der Waals surface area contributed by atoms with Crippen molar-refractivity contribution in [2.45, 2.75) is 25.4 Å². The Labute approximate surface area is 137 Å². The Morgan fingerprint density at radius 3 is 2.71 bits per heavy atom. The van der Waals surface area contributed by atoms with Gasteiger partial charge in [0, 0.05) is 18.5 Å². The average molecular weight is 332 g/mol. The summed E-state index contributed by atoms with van der Waals surface area (Å²) in [6.07, 6.45) is -0.237. The molecule has 0 bridgehead atoms. The van der Waals surface area contributed by atoms with Crippen molar-refractivity contribution < 1.29 is 23.5 Å². The largest absolute Gasteiger partial charge is 0.479 e. The average Bonchev–Trinajstić information content (AvgIpc) is 3.13. The molecule has 1 aromatic carbocycles. The van der Waals surface area contributed by atoms with E-state index in [2.05, 4.69) is 4.98 Å². The van der Waals surface area contributed by atoms with Gasteiger partial charge < -0.3 is 14.4 Å². The number of nitrogens with zero attached hydrogens (tertiary/aromatic N) is 2. The SMILES string of the molecule is Cc1oc(-c2ccccc2)nc1CC(=O)N1CCC(F)(C(=O)O)C1. The number of aliphatic carboxylic acids is 1. The van der Waals surface area contributed by atoms with Crippen LogP contribution in [0.1, 0.15) is 17.9 Å². The van der Waals surface area contributed by atoms with Gasteiger partial charge in [-0.2, -0.15) is 0 Å². The predicted molar refractivity (Wildman–Crippen MR) is 83.1 cm³/mol. The molecule has 24 heavy (non-hydrogen) atoms. The number of carbonyl (C=O) groups is 2. The maximum absolute atomic E-state index is 14.1. The van der Waals surface area contributed by atoms with Crippen molar-refractivity contribution in [1.29, 1.82) is 0 Å². The van der Waals surface area contributed by atoms with E-state index in [1.54, 1.807) is 6.92 Å². The highest BCUT2D eigenvalue weighted by Gasteiger charge is 2.46. The first kappa shape index (κ1) is 16.2. The number of amides is 1. The van der Waals surface area contributed by atoms with Crippen LogP contribution in [0.4, 0.5) is 4.39 Å². The highest BCUT2D eigenvalue weighted by molar-refractivity contribution is 5.83. The normalized spacial score (nSPS) is 20.3. The lowest BCUT2D eigenvalue weighted by atomic mass is 10.1. The topological polar surface area (TPSA) is 83.6 Å². The van der Waals surface area contributed by atoms with Crippen LogP contribution in [0.5, 0.6) is 0 Å². The van der Waals surface area contributed by atoms with Crippen LogP contribution in [0.2, 0.25) is 0 Å². The number of alkyl halides is 1. The summed E-state index contributed by atoms with van der Waals surface area (Å²) in [7, 11) is 0. The number of likely N-dealkylation sites (tertiary alicyclic amines) is 1. The van der Waals surface area contributed by atoms with Gasteiger partial charge >= 0.3 is 5.97 Å². The maximum Gasteiger partial charge on any atom is 0.343 e. The van der Waals surface area contributed by atoms with Crippen LogP contribution in [0.15, 0.2) is 34.7 Å². The van der Waals surface area contributed by atoms with Crippen molar-refractivity contribution in [2.75, 3.05) is 13.1 Å². The predicted octanol–water partition coefficient (Wildman–Crippen LogP) is 2.22. The van der Waals surface area contributed by atoms with E-state index in [1.165, 1.54) is 4.90 Å². The minimum Gasteiger partial charge on any atom is -0.479 e. The first-order valence-electron chi connectivity index (χ1n) is 7.61. The van der Waals surface area contributed by atoms with E-state index in [0.717, 1.165) is 5.56 Å². The van der Waals surface area contributed by atoms with Crippen LogP contribution in [-0.2, 0) is 16.0 Å². The van der Waals surface area contributed by atoms with Gasteiger partial charge in [-0.1, -0.05) is 18.2 Å². The van der Waals surface area contributed by atoms with Crippen LogP contribution in [0, 0.1) is 6.92 Å². The van der Waals surface area contributed by atoms with Crippen LogP contribution >= 0.6 is 0 Å². The van der Waals surface area contributed by atoms with E-state index in [4.69, 9.17) is 9.52 Å². The minimum absolute atomic E-state index is 0.0438. The molecule has 7 heteroatoms. The molecule has 1 aliphatic heterocycles. The van der Waals surface area contributed by atoms with E-state index in [1.807, 2.05) is 30.3 Å². The molecule has 2 aromatic rings. The van der Waals surface area contributed by atoms with Crippen molar-refractivity contribution >= 4 is 11.9 Å². The number of aryl methyl sites for hydroxylation is 1. The second kappa shape index (κ2) is 6.07. The Balaban J connectivity index is 1.72. The first-order chi connectivity index (χ1) is 11.4. The van der Waals surface area contributed by atoms with Gasteiger partial charge in [0.05, 0.1) is 18.7 Å². The smallest absolute Gasteiger partial charge is 0.343 e. The van der Waals surface area contributed by atoms with E-state index in [0.29, 0.717) is 17.3 Å². The van der Waals surface area contributed by atoms with Gasteiger partial charge in [0.25, 0.3) is 0 Å². The monoisotopic (exact) mass is 332 g/mol. The fourth-order valence-corrected chi connectivity index (χ4v) is 2.71. The molecule has 3 rings (SSSR count). The lowest BCUT2D eigenvalue weighted by Crippen LogP contribution is -2.39. The zero-order valence-electron chi connectivity index (χ0n) is 13.2. The second-order valence-corrected chi connectivity index (χ2v) is 5.90. The van der Waals surface area contributed by atoms with Crippen LogP contribution < -0.4 is 0 Å². The molecule has 1 fully saturated rings. The van der Waals surface area contributed by atoms with Crippen molar-refractivity contribution in [2.24, 2.45) is 0 Å². The van der Waals surface area contributed by atoms with Crippen LogP contribution in [0.3, 0.4) is 0 Å².